The van der Waals surface area contributed by atoms with Crippen molar-refractivity contribution in [2.24, 2.45) is 0 Å². The smallest absolute Gasteiger partial charge is 0.181 e. The molecule has 1 aromatic carbocycles. The molecular formula is C11H8BrF2NO. The van der Waals surface area contributed by atoms with E-state index >= 15 is 0 Å². The highest BCUT2D eigenvalue weighted by atomic mass is 79.9. The van der Waals surface area contributed by atoms with E-state index in [-0.39, 0.29) is 5.69 Å². The van der Waals surface area contributed by atoms with Crippen LogP contribution in [0.1, 0.15) is 5.76 Å². The van der Waals surface area contributed by atoms with Crippen molar-refractivity contribution in [2.45, 2.75) is 6.54 Å². The minimum atomic E-state index is -0.881. The van der Waals surface area contributed by atoms with Crippen molar-refractivity contribution in [1.29, 1.82) is 0 Å². The van der Waals surface area contributed by atoms with Crippen LogP contribution in [0.5, 0.6) is 0 Å². The first-order valence-corrected chi connectivity index (χ1v) is 5.38. The summed E-state index contributed by atoms with van der Waals surface area (Å²) in [4.78, 5) is 0. The molecule has 84 valence electrons. The lowest BCUT2D eigenvalue weighted by Gasteiger charge is -2.05. The second kappa shape index (κ2) is 4.65. The Morgan fingerprint density at radius 2 is 2.00 bits per heavy atom. The zero-order valence-corrected chi connectivity index (χ0v) is 9.72. The fourth-order valence-corrected chi connectivity index (χ4v) is 1.61. The summed E-state index contributed by atoms with van der Waals surface area (Å²) in [5, 5.41) is 2.75. The van der Waals surface area contributed by atoms with Crippen molar-refractivity contribution in [2.75, 3.05) is 5.32 Å². The third kappa shape index (κ3) is 2.41. The summed E-state index contributed by atoms with van der Waals surface area (Å²) in [5.41, 5.74) is 0.118. The van der Waals surface area contributed by atoms with Crippen LogP contribution in [0.4, 0.5) is 14.5 Å². The Hall–Kier alpha value is -1.36. The number of rotatable bonds is 3. The van der Waals surface area contributed by atoms with Gasteiger partial charge in [0.15, 0.2) is 16.3 Å². The normalized spacial score (nSPS) is 10.4. The molecule has 1 heterocycles. The van der Waals surface area contributed by atoms with Gasteiger partial charge in [0.05, 0.1) is 12.2 Å². The molecule has 0 aliphatic carbocycles. The minimum Gasteiger partial charge on any atom is -0.452 e. The van der Waals surface area contributed by atoms with Crippen LogP contribution in [0.2, 0.25) is 0 Å². The quantitative estimate of drug-likeness (QED) is 0.925. The van der Waals surface area contributed by atoms with Gasteiger partial charge < -0.3 is 9.73 Å². The minimum absolute atomic E-state index is 0.118. The van der Waals surface area contributed by atoms with Crippen molar-refractivity contribution < 1.29 is 13.2 Å². The zero-order valence-electron chi connectivity index (χ0n) is 8.14. The SMILES string of the molecule is Fc1cccc(NCc2ccc(Br)o2)c1F. The predicted octanol–water partition coefficient (Wildman–Crippen LogP) is 3.93. The van der Waals surface area contributed by atoms with Gasteiger partial charge in [-0.1, -0.05) is 6.07 Å². The Morgan fingerprint density at radius 1 is 1.19 bits per heavy atom. The van der Waals surface area contributed by atoms with Gasteiger partial charge in [0, 0.05) is 0 Å². The van der Waals surface area contributed by atoms with Crippen LogP contribution in [-0.4, -0.2) is 0 Å². The van der Waals surface area contributed by atoms with Crippen LogP contribution in [0, 0.1) is 11.6 Å². The molecule has 0 fully saturated rings. The summed E-state index contributed by atoms with van der Waals surface area (Å²) in [6.07, 6.45) is 0. The third-order valence-electron chi connectivity index (χ3n) is 2.03. The summed E-state index contributed by atoms with van der Waals surface area (Å²) in [5.74, 6) is -1.12. The third-order valence-corrected chi connectivity index (χ3v) is 2.46. The summed E-state index contributed by atoms with van der Waals surface area (Å²) in [6, 6.07) is 7.46. The molecule has 0 bridgehead atoms. The molecule has 1 aromatic heterocycles. The highest BCUT2D eigenvalue weighted by Gasteiger charge is 2.07. The van der Waals surface area contributed by atoms with Gasteiger partial charge in [-0.15, -0.1) is 0 Å². The van der Waals surface area contributed by atoms with Crippen molar-refractivity contribution in [3.05, 3.63) is 52.4 Å². The zero-order chi connectivity index (χ0) is 11.5. The molecule has 0 saturated carbocycles. The van der Waals surface area contributed by atoms with Gasteiger partial charge in [-0.05, 0) is 40.2 Å². The molecule has 0 unspecified atom stereocenters. The maximum absolute atomic E-state index is 13.2. The van der Waals surface area contributed by atoms with E-state index in [1.54, 1.807) is 12.1 Å². The Morgan fingerprint density at radius 3 is 2.69 bits per heavy atom. The van der Waals surface area contributed by atoms with Gasteiger partial charge in [-0.3, -0.25) is 0 Å². The molecule has 5 heteroatoms. The summed E-state index contributed by atoms with van der Waals surface area (Å²) in [6.45, 7) is 0.298. The molecule has 0 saturated heterocycles. The van der Waals surface area contributed by atoms with Crippen molar-refractivity contribution in [1.82, 2.24) is 0 Å². The molecule has 0 atom stereocenters. The molecule has 2 rings (SSSR count). The second-order valence-electron chi connectivity index (χ2n) is 3.16. The predicted molar refractivity (Wildman–Crippen MR) is 60.1 cm³/mol. The monoisotopic (exact) mass is 287 g/mol. The molecule has 0 aliphatic heterocycles. The van der Waals surface area contributed by atoms with Crippen LogP contribution in [0.15, 0.2) is 39.4 Å². The van der Waals surface area contributed by atoms with E-state index in [2.05, 4.69) is 21.2 Å². The van der Waals surface area contributed by atoms with Gasteiger partial charge in [0.1, 0.15) is 5.76 Å². The number of anilines is 1. The average molecular weight is 288 g/mol. The Bertz CT molecular complexity index is 498. The van der Waals surface area contributed by atoms with Crippen molar-refractivity contribution in [3.8, 4) is 0 Å². The number of hydrogen-bond donors (Lipinski definition) is 1. The van der Waals surface area contributed by atoms with Crippen LogP contribution in [0.25, 0.3) is 0 Å². The van der Waals surface area contributed by atoms with E-state index in [1.807, 2.05) is 0 Å². The highest BCUT2D eigenvalue weighted by Crippen LogP contribution is 2.19. The van der Waals surface area contributed by atoms with Gasteiger partial charge in [-0.2, -0.15) is 0 Å². The standard InChI is InChI=1S/C11H8BrF2NO/c12-10-5-4-7(16-10)6-15-9-3-1-2-8(13)11(9)14/h1-5,15H,6H2. The van der Waals surface area contributed by atoms with Crippen LogP contribution in [0.3, 0.4) is 0 Å². The number of hydrogen-bond acceptors (Lipinski definition) is 2. The molecule has 16 heavy (non-hydrogen) atoms. The molecule has 0 spiro atoms. The lowest BCUT2D eigenvalue weighted by molar-refractivity contribution is 0.492. The molecule has 0 radical (unpaired) electrons. The summed E-state index contributed by atoms with van der Waals surface area (Å²) < 4.78 is 31.9. The lowest BCUT2D eigenvalue weighted by Crippen LogP contribution is -2.01. The molecule has 2 aromatic rings. The number of nitrogens with one attached hydrogen (secondary N) is 1. The average Bonchev–Trinajstić information content (AvgIpc) is 2.67. The summed E-state index contributed by atoms with van der Waals surface area (Å²) >= 11 is 3.16. The first-order valence-electron chi connectivity index (χ1n) is 4.59. The van der Waals surface area contributed by atoms with Crippen LogP contribution >= 0.6 is 15.9 Å². The van der Waals surface area contributed by atoms with E-state index < -0.39 is 11.6 Å². The first kappa shape index (κ1) is 11.1. The van der Waals surface area contributed by atoms with Gasteiger partial charge in [0.25, 0.3) is 0 Å². The maximum atomic E-state index is 13.2. The van der Waals surface area contributed by atoms with E-state index in [1.165, 1.54) is 12.1 Å². The number of furan rings is 1. The van der Waals surface area contributed by atoms with Crippen molar-refractivity contribution in [3.63, 3.8) is 0 Å². The molecule has 0 amide bonds. The van der Waals surface area contributed by atoms with Gasteiger partial charge in [0.2, 0.25) is 0 Å². The number of benzene rings is 1. The summed E-state index contributed by atoms with van der Waals surface area (Å²) in [7, 11) is 0. The molecular weight excluding hydrogens is 280 g/mol. The van der Waals surface area contributed by atoms with E-state index in [0.29, 0.717) is 17.0 Å². The topological polar surface area (TPSA) is 25.2 Å². The first-order chi connectivity index (χ1) is 7.66. The maximum Gasteiger partial charge on any atom is 0.181 e. The van der Waals surface area contributed by atoms with Crippen molar-refractivity contribution >= 4 is 21.6 Å². The van der Waals surface area contributed by atoms with Crippen LogP contribution in [-0.2, 0) is 6.54 Å². The Balaban J connectivity index is 2.07. The molecule has 0 aliphatic rings. The number of halogens is 3. The Kier molecular flexibility index (Phi) is 3.24. The fourth-order valence-electron chi connectivity index (χ4n) is 1.27. The molecule has 1 N–H and O–H groups in total. The lowest BCUT2D eigenvalue weighted by atomic mass is 10.3. The fraction of sp³-hybridized carbons (Fsp3) is 0.0909. The van der Waals surface area contributed by atoms with Gasteiger partial charge >= 0.3 is 0 Å². The Labute approximate surface area is 99.4 Å². The highest BCUT2D eigenvalue weighted by molar-refractivity contribution is 9.10. The second-order valence-corrected chi connectivity index (χ2v) is 3.94. The van der Waals surface area contributed by atoms with E-state index in [9.17, 15) is 8.78 Å². The van der Waals surface area contributed by atoms with E-state index in [4.69, 9.17) is 4.42 Å². The van der Waals surface area contributed by atoms with Crippen LogP contribution < -0.4 is 5.32 Å². The molecule has 2 nitrogen and oxygen atoms in total. The van der Waals surface area contributed by atoms with Gasteiger partial charge in [-0.25, -0.2) is 8.78 Å². The van der Waals surface area contributed by atoms with E-state index in [0.717, 1.165) is 6.07 Å². The largest absolute Gasteiger partial charge is 0.452 e.